The molecular formula is C20H19F4N3O3. The van der Waals surface area contributed by atoms with Gasteiger partial charge in [0.05, 0.1) is 11.7 Å². The smallest absolute Gasteiger partial charge is 0.287 e. The third kappa shape index (κ3) is 4.32. The Morgan fingerprint density at radius 3 is 2.50 bits per heavy atom. The van der Waals surface area contributed by atoms with E-state index in [1.165, 1.54) is 12.1 Å². The van der Waals surface area contributed by atoms with E-state index in [1.807, 2.05) is 20.0 Å². The minimum absolute atomic E-state index is 0.0336. The van der Waals surface area contributed by atoms with E-state index in [1.54, 1.807) is 11.6 Å². The van der Waals surface area contributed by atoms with E-state index in [0.29, 0.717) is 6.54 Å². The monoisotopic (exact) mass is 425 g/mol. The first-order valence-electron chi connectivity index (χ1n) is 9.10. The van der Waals surface area contributed by atoms with Crippen LogP contribution < -0.4 is 10.1 Å². The van der Waals surface area contributed by atoms with Gasteiger partial charge in [0, 0.05) is 24.4 Å². The van der Waals surface area contributed by atoms with Crippen LogP contribution in [0, 0.1) is 30.2 Å². The minimum atomic E-state index is -1.66. The minimum Gasteiger partial charge on any atom is -0.479 e. The summed E-state index contributed by atoms with van der Waals surface area (Å²) in [5, 5.41) is 7.09. The molecule has 0 aliphatic heterocycles. The van der Waals surface area contributed by atoms with Gasteiger partial charge in [0.2, 0.25) is 11.6 Å². The van der Waals surface area contributed by atoms with E-state index in [0.717, 1.165) is 11.3 Å². The van der Waals surface area contributed by atoms with Crippen LogP contribution in [-0.2, 0) is 13.2 Å². The molecule has 1 unspecified atom stereocenters. The number of aryl methyl sites for hydroxylation is 2. The molecule has 0 fully saturated rings. The number of ether oxygens (including phenoxy) is 1. The number of hydrogen-bond donors (Lipinski definition) is 1. The summed E-state index contributed by atoms with van der Waals surface area (Å²) in [6.07, 6.45) is 1.84. The second-order valence-electron chi connectivity index (χ2n) is 6.57. The lowest BCUT2D eigenvalue weighted by atomic mass is 10.1. The van der Waals surface area contributed by atoms with Crippen molar-refractivity contribution in [2.24, 2.45) is 0 Å². The van der Waals surface area contributed by atoms with E-state index < -0.39 is 41.5 Å². The lowest BCUT2D eigenvalue weighted by molar-refractivity contribution is 0.0907. The van der Waals surface area contributed by atoms with Crippen LogP contribution in [-0.4, -0.2) is 15.7 Å². The van der Waals surface area contributed by atoms with Gasteiger partial charge in [0.1, 0.15) is 12.4 Å². The summed E-state index contributed by atoms with van der Waals surface area (Å²) >= 11 is 0. The molecule has 160 valence electrons. The van der Waals surface area contributed by atoms with Gasteiger partial charge in [-0.05, 0) is 32.9 Å². The molecule has 0 bridgehead atoms. The van der Waals surface area contributed by atoms with Crippen LogP contribution in [0.1, 0.15) is 47.5 Å². The van der Waals surface area contributed by atoms with Crippen LogP contribution in [0.3, 0.4) is 0 Å². The lowest BCUT2D eigenvalue weighted by Gasteiger charge is -2.12. The van der Waals surface area contributed by atoms with Crippen molar-refractivity contribution in [2.75, 3.05) is 0 Å². The predicted molar refractivity (Wildman–Crippen MR) is 97.8 cm³/mol. The molecule has 0 aliphatic carbocycles. The van der Waals surface area contributed by atoms with Crippen LogP contribution in [0.25, 0.3) is 0 Å². The van der Waals surface area contributed by atoms with Crippen LogP contribution >= 0.6 is 0 Å². The average Bonchev–Trinajstić information content (AvgIpc) is 3.33. The molecule has 6 nitrogen and oxygen atoms in total. The van der Waals surface area contributed by atoms with Crippen molar-refractivity contribution in [3.8, 4) is 5.75 Å². The third-order valence-corrected chi connectivity index (χ3v) is 4.44. The predicted octanol–water partition coefficient (Wildman–Crippen LogP) is 4.43. The van der Waals surface area contributed by atoms with Gasteiger partial charge in [0.15, 0.2) is 23.1 Å². The Morgan fingerprint density at radius 2 is 1.90 bits per heavy atom. The lowest BCUT2D eigenvalue weighted by Crippen LogP contribution is -2.26. The maximum absolute atomic E-state index is 13.6. The topological polar surface area (TPSA) is 69.3 Å². The highest BCUT2D eigenvalue weighted by atomic mass is 19.2. The highest BCUT2D eigenvalue weighted by molar-refractivity contribution is 5.91. The zero-order chi connectivity index (χ0) is 22.0. The fraction of sp³-hybridized carbons (Fsp3) is 0.300. The van der Waals surface area contributed by atoms with Crippen LogP contribution in [0.2, 0.25) is 0 Å². The molecule has 2 aromatic heterocycles. The Balaban J connectivity index is 1.66. The molecule has 10 heteroatoms. The molecule has 3 aromatic rings. The van der Waals surface area contributed by atoms with E-state index in [2.05, 4.69) is 10.4 Å². The molecule has 30 heavy (non-hydrogen) atoms. The first-order chi connectivity index (χ1) is 14.2. The summed E-state index contributed by atoms with van der Waals surface area (Å²) in [4.78, 5) is 12.4. The third-order valence-electron chi connectivity index (χ3n) is 4.44. The summed E-state index contributed by atoms with van der Waals surface area (Å²) in [5.41, 5.74) is 1.63. The fourth-order valence-electron chi connectivity index (χ4n) is 2.86. The molecule has 1 N–H and O–H groups in total. The average molecular weight is 425 g/mol. The van der Waals surface area contributed by atoms with Gasteiger partial charge in [-0.2, -0.15) is 13.9 Å². The summed E-state index contributed by atoms with van der Waals surface area (Å²) in [5.74, 6) is -8.24. The van der Waals surface area contributed by atoms with Crippen molar-refractivity contribution in [1.29, 1.82) is 0 Å². The number of hydrogen-bond acceptors (Lipinski definition) is 4. The Morgan fingerprint density at radius 1 is 1.23 bits per heavy atom. The van der Waals surface area contributed by atoms with Crippen LogP contribution in [0.4, 0.5) is 17.6 Å². The molecular weight excluding hydrogens is 406 g/mol. The van der Waals surface area contributed by atoms with E-state index in [-0.39, 0.29) is 23.6 Å². The van der Waals surface area contributed by atoms with Gasteiger partial charge in [0.25, 0.3) is 5.91 Å². The van der Waals surface area contributed by atoms with Crippen molar-refractivity contribution in [2.45, 2.75) is 40.0 Å². The second-order valence-corrected chi connectivity index (χ2v) is 6.57. The van der Waals surface area contributed by atoms with Gasteiger partial charge in [-0.3, -0.25) is 9.48 Å². The Bertz CT molecular complexity index is 1050. The van der Waals surface area contributed by atoms with Gasteiger partial charge < -0.3 is 14.5 Å². The number of rotatable bonds is 7. The van der Waals surface area contributed by atoms with Gasteiger partial charge in [-0.25, -0.2) is 8.78 Å². The van der Waals surface area contributed by atoms with E-state index in [4.69, 9.17) is 9.15 Å². The van der Waals surface area contributed by atoms with Crippen molar-refractivity contribution in [3.63, 3.8) is 0 Å². The van der Waals surface area contributed by atoms with Crippen molar-refractivity contribution in [3.05, 3.63) is 70.4 Å². The zero-order valence-corrected chi connectivity index (χ0v) is 16.4. The normalized spacial score (nSPS) is 12.1. The van der Waals surface area contributed by atoms with E-state index in [9.17, 15) is 22.4 Å². The highest BCUT2D eigenvalue weighted by Gasteiger charge is 2.22. The van der Waals surface area contributed by atoms with Crippen LogP contribution in [0.15, 0.2) is 28.8 Å². The number of carbonyl (C=O) groups excluding carboxylic acids is 1. The standard InChI is InChI=1S/C20H19F4N3O3/c1-4-27-8-13(11(3)26-27)10(2)25-20(28)16-6-5-12(30-16)9-29-19-17(23)14(21)7-15(22)18(19)24/h5-8,10H,4,9H2,1-3H3,(H,25,28). The van der Waals surface area contributed by atoms with Crippen molar-refractivity contribution < 1.29 is 31.5 Å². The quantitative estimate of drug-likeness (QED) is 0.449. The molecule has 1 aromatic carbocycles. The highest BCUT2D eigenvalue weighted by Crippen LogP contribution is 2.27. The number of aromatic nitrogens is 2. The molecule has 0 spiro atoms. The molecule has 0 aliphatic rings. The van der Waals surface area contributed by atoms with Crippen molar-refractivity contribution in [1.82, 2.24) is 15.1 Å². The molecule has 0 radical (unpaired) electrons. The number of amides is 1. The summed E-state index contributed by atoms with van der Waals surface area (Å²) in [7, 11) is 0. The largest absolute Gasteiger partial charge is 0.479 e. The number of nitrogens with zero attached hydrogens (tertiary/aromatic N) is 2. The summed E-state index contributed by atoms with van der Waals surface area (Å²) < 4.78 is 65.6. The number of benzene rings is 1. The van der Waals surface area contributed by atoms with Gasteiger partial charge in [-0.15, -0.1) is 0 Å². The Labute approximate surface area is 169 Å². The number of halogens is 4. The first kappa shape index (κ1) is 21.4. The van der Waals surface area contributed by atoms with Gasteiger partial charge in [-0.1, -0.05) is 0 Å². The maximum atomic E-state index is 13.6. The fourth-order valence-corrected chi connectivity index (χ4v) is 2.86. The molecule has 0 saturated carbocycles. The SMILES string of the molecule is CCn1cc(C(C)NC(=O)c2ccc(COc3c(F)c(F)cc(F)c3F)o2)c(C)n1. The zero-order valence-electron chi connectivity index (χ0n) is 16.4. The molecule has 1 amide bonds. The summed E-state index contributed by atoms with van der Waals surface area (Å²) in [6.45, 7) is 5.72. The Hall–Kier alpha value is -3.30. The molecule has 3 rings (SSSR count). The van der Waals surface area contributed by atoms with Gasteiger partial charge >= 0.3 is 0 Å². The first-order valence-corrected chi connectivity index (χ1v) is 9.10. The summed E-state index contributed by atoms with van der Waals surface area (Å²) in [6, 6.07) is 2.44. The second kappa shape index (κ2) is 8.60. The molecule has 2 heterocycles. The molecule has 0 saturated heterocycles. The Kier molecular flexibility index (Phi) is 6.14. The van der Waals surface area contributed by atoms with Crippen molar-refractivity contribution >= 4 is 5.91 Å². The van der Waals surface area contributed by atoms with E-state index >= 15 is 0 Å². The van der Waals surface area contributed by atoms with Crippen LogP contribution in [0.5, 0.6) is 5.75 Å². The maximum Gasteiger partial charge on any atom is 0.287 e. The number of furan rings is 1. The number of carbonyl (C=O) groups is 1. The molecule has 1 atom stereocenters. The number of nitrogens with one attached hydrogen (secondary N) is 1.